The highest BCUT2D eigenvalue weighted by molar-refractivity contribution is 5.88. The molecule has 188 valence electrons. The number of piperidine rings is 1. The van der Waals surface area contributed by atoms with Crippen LogP contribution >= 0.6 is 0 Å². The summed E-state index contributed by atoms with van der Waals surface area (Å²) in [5.74, 6) is -0.258. The Kier molecular flexibility index (Phi) is 10.4. The van der Waals surface area contributed by atoms with Gasteiger partial charge in [-0.3, -0.25) is 4.79 Å². The third-order valence-electron chi connectivity index (χ3n) is 6.63. The second-order valence-corrected chi connectivity index (χ2v) is 10.8. The molecular formula is C25H45N5O3. The first kappa shape index (κ1) is 27.4. The summed E-state index contributed by atoms with van der Waals surface area (Å²) < 4.78 is 5.33. The SMILES string of the molecule is CCCCC1CC(C#N)(NC(=O)C(CC(C)(C)C)NC(=O)N2CCOCC2)CCN1CCC. The van der Waals surface area contributed by atoms with Crippen LogP contribution in [0.25, 0.3) is 0 Å². The fourth-order valence-electron chi connectivity index (χ4n) is 4.85. The summed E-state index contributed by atoms with van der Waals surface area (Å²) in [6, 6.07) is 1.82. The highest BCUT2D eigenvalue weighted by atomic mass is 16.5. The molecule has 33 heavy (non-hydrogen) atoms. The molecule has 0 radical (unpaired) electrons. The normalized spacial score (nSPS) is 25.2. The molecule has 0 aliphatic carbocycles. The van der Waals surface area contributed by atoms with Gasteiger partial charge >= 0.3 is 6.03 Å². The third kappa shape index (κ3) is 8.46. The second-order valence-electron chi connectivity index (χ2n) is 10.8. The zero-order valence-electron chi connectivity index (χ0n) is 21.4. The van der Waals surface area contributed by atoms with E-state index in [9.17, 15) is 14.9 Å². The largest absolute Gasteiger partial charge is 0.378 e. The van der Waals surface area contributed by atoms with Crippen LogP contribution < -0.4 is 10.6 Å². The number of urea groups is 1. The molecule has 8 nitrogen and oxygen atoms in total. The Balaban J connectivity index is 2.13. The summed E-state index contributed by atoms with van der Waals surface area (Å²) in [6.07, 6.45) is 6.08. The van der Waals surface area contributed by atoms with Gasteiger partial charge in [-0.2, -0.15) is 5.26 Å². The lowest BCUT2D eigenvalue weighted by atomic mass is 9.81. The van der Waals surface area contributed by atoms with E-state index in [-0.39, 0.29) is 17.4 Å². The molecule has 2 fully saturated rings. The lowest BCUT2D eigenvalue weighted by molar-refractivity contribution is -0.125. The first-order valence-electron chi connectivity index (χ1n) is 12.7. The maximum absolute atomic E-state index is 13.5. The number of morpholine rings is 1. The van der Waals surface area contributed by atoms with Crippen molar-refractivity contribution >= 4 is 11.9 Å². The molecular weight excluding hydrogens is 418 g/mol. The van der Waals surface area contributed by atoms with Crippen LogP contribution in [0.1, 0.15) is 79.6 Å². The van der Waals surface area contributed by atoms with E-state index in [2.05, 4.69) is 56.2 Å². The quantitative estimate of drug-likeness (QED) is 0.547. The number of nitrogens with one attached hydrogen (secondary N) is 2. The fourth-order valence-corrected chi connectivity index (χ4v) is 4.85. The average Bonchev–Trinajstić information content (AvgIpc) is 2.78. The van der Waals surface area contributed by atoms with Gasteiger partial charge in [0.15, 0.2) is 0 Å². The molecule has 0 aromatic rings. The van der Waals surface area contributed by atoms with Crippen LogP contribution in [0.15, 0.2) is 0 Å². The Morgan fingerprint density at radius 2 is 1.88 bits per heavy atom. The van der Waals surface area contributed by atoms with E-state index in [0.717, 1.165) is 38.8 Å². The van der Waals surface area contributed by atoms with E-state index in [1.165, 1.54) is 0 Å². The molecule has 0 saturated carbocycles. The van der Waals surface area contributed by atoms with Crippen LogP contribution in [0.4, 0.5) is 4.79 Å². The van der Waals surface area contributed by atoms with Gasteiger partial charge in [-0.15, -0.1) is 0 Å². The van der Waals surface area contributed by atoms with Gasteiger partial charge in [0.1, 0.15) is 11.6 Å². The van der Waals surface area contributed by atoms with Crippen molar-refractivity contribution in [2.75, 3.05) is 39.4 Å². The topological polar surface area (TPSA) is 97.7 Å². The monoisotopic (exact) mass is 463 g/mol. The van der Waals surface area contributed by atoms with Gasteiger partial charge in [-0.05, 0) is 44.1 Å². The Labute approximate surface area is 200 Å². The molecule has 2 N–H and O–H groups in total. The van der Waals surface area contributed by atoms with Crippen molar-refractivity contribution in [1.82, 2.24) is 20.4 Å². The Morgan fingerprint density at radius 1 is 1.18 bits per heavy atom. The molecule has 0 aromatic heterocycles. The Hall–Kier alpha value is -1.85. The van der Waals surface area contributed by atoms with E-state index < -0.39 is 11.6 Å². The van der Waals surface area contributed by atoms with Crippen LogP contribution in [0.3, 0.4) is 0 Å². The van der Waals surface area contributed by atoms with Gasteiger partial charge in [0.25, 0.3) is 0 Å². The van der Waals surface area contributed by atoms with Crippen molar-refractivity contribution in [1.29, 1.82) is 5.26 Å². The molecule has 3 amide bonds. The Morgan fingerprint density at radius 3 is 2.45 bits per heavy atom. The number of amides is 3. The lowest BCUT2D eigenvalue weighted by Crippen LogP contribution is -2.62. The summed E-state index contributed by atoms with van der Waals surface area (Å²) in [7, 11) is 0. The van der Waals surface area contributed by atoms with Gasteiger partial charge in [0, 0.05) is 25.7 Å². The first-order valence-corrected chi connectivity index (χ1v) is 12.7. The minimum atomic E-state index is -0.889. The summed E-state index contributed by atoms with van der Waals surface area (Å²) in [4.78, 5) is 30.5. The van der Waals surface area contributed by atoms with E-state index in [4.69, 9.17) is 4.74 Å². The zero-order chi connectivity index (χ0) is 24.5. The number of hydrogen-bond donors (Lipinski definition) is 2. The number of carbonyl (C=O) groups excluding carboxylic acids is 2. The minimum Gasteiger partial charge on any atom is -0.378 e. The molecule has 0 spiro atoms. The van der Waals surface area contributed by atoms with Gasteiger partial charge in [0.2, 0.25) is 5.91 Å². The van der Waals surface area contributed by atoms with Crippen molar-refractivity contribution in [2.24, 2.45) is 5.41 Å². The van der Waals surface area contributed by atoms with E-state index in [1.807, 2.05) is 0 Å². The smallest absolute Gasteiger partial charge is 0.318 e. The van der Waals surface area contributed by atoms with Crippen molar-refractivity contribution in [3.05, 3.63) is 0 Å². The second kappa shape index (κ2) is 12.6. The average molecular weight is 464 g/mol. The molecule has 2 aliphatic heterocycles. The zero-order valence-corrected chi connectivity index (χ0v) is 21.4. The third-order valence-corrected chi connectivity index (χ3v) is 6.63. The number of carbonyl (C=O) groups is 2. The molecule has 8 heteroatoms. The molecule has 2 rings (SSSR count). The number of ether oxygens (including phenoxy) is 1. The fraction of sp³-hybridized carbons (Fsp3) is 0.880. The number of nitrogens with zero attached hydrogens (tertiary/aromatic N) is 3. The summed E-state index contributed by atoms with van der Waals surface area (Å²) >= 11 is 0. The number of unbranched alkanes of at least 4 members (excludes halogenated alkanes) is 1. The van der Waals surface area contributed by atoms with Crippen LogP contribution in [-0.2, 0) is 9.53 Å². The number of hydrogen-bond acceptors (Lipinski definition) is 5. The maximum atomic E-state index is 13.5. The molecule has 3 unspecified atom stereocenters. The number of likely N-dealkylation sites (tertiary alicyclic amines) is 1. The number of rotatable bonds is 9. The van der Waals surface area contributed by atoms with Gasteiger partial charge in [-0.25, -0.2) is 4.79 Å². The molecule has 3 atom stereocenters. The van der Waals surface area contributed by atoms with Crippen LogP contribution in [0.5, 0.6) is 0 Å². The first-order chi connectivity index (χ1) is 15.6. The summed E-state index contributed by atoms with van der Waals surface area (Å²) in [5.41, 5.74) is -1.05. The predicted molar refractivity (Wildman–Crippen MR) is 130 cm³/mol. The summed E-state index contributed by atoms with van der Waals surface area (Å²) in [5, 5.41) is 16.2. The standard InChI is InChI=1S/C25H45N5O3/c1-6-8-9-20-17-25(19-26,10-12-29(20)11-7-2)28-22(31)21(18-24(3,4)5)27-23(32)30-13-15-33-16-14-30/h20-21H,6-18H2,1-5H3,(H,27,32)(H,28,31). The van der Waals surface area contributed by atoms with Crippen LogP contribution in [0, 0.1) is 16.7 Å². The molecule has 0 bridgehead atoms. The minimum absolute atomic E-state index is 0.158. The van der Waals surface area contributed by atoms with E-state index in [1.54, 1.807) is 4.90 Å². The lowest BCUT2D eigenvalue weighted by Gasteiger charge is -2.44. The highest BCUT2D eigenvalue weighted by Crippen LogP contribution is 2.30. The molecule has 2 aliphatic rings. The highest BCUT2D eigenvalue weighted by Gasteiger charge is 2.42. The van der Waals surface area contributed by atoms with Gasteiger partial charge in [0.05, 0.1) is 19.3 Å². The van der Waals surface area contributed by atoms with E-state index >= 15 is 0 Å². The molecule has 2 heterocycles. The molecule has 0 aromatic carbocycles. The van der Waals surface area contributed by atoms with Crippen LogP contribution in [0.2, 0.25) is 0 Å². The van der Waals surface area contributed by atoms with Gasteiger partial charge in [-0.1, -0.05) is 47.5 Å². The Bertz CT molecular complexity index is 681. The maximum Gasteiger partial charge on any atom is 0.318 e. The number of nitriles is 1. The van der Waals surface area contributed by atoms with Crippen molar-refractivity contribution in [3.63, 3.8) is 0 Å². The predicted octanol–water partition coefficient (Wildman–Crippen LogP) is 3.28. The van der Waals surface area contributed by atoms with Crippen LogP contribution in [-0.4, -0.2) is 78.8 Å². The molecule has 2 saturated heterocycles. The summed E-state index contributed by atoms with van der Waals surface area (Å²) in [6.45, 7) is 14.4. The van der Waals surface area contributed by atoms with Crippen molar-refractivity contribution in [3.8, 4) is 6.07 Å². The van der Waals surface area contributed by atoms with Gasteiger partial charge < -0.3 is 25.2 Å². The van der Waals surface area contributed by atoms with Crippen molar-refractivity contribution < 1.29 is 14.3 Å². The van der Waals surface area contributed by atoms with Crippen molar-refractivity contribution in [2.45, 2.75) is 97.2 Å². The van der Waals surface area contributed by atoms with E-state index in [0.29, 0.717) is 51.6 Å².